The predicted molar refractivity (Wildman–Crippen MR) is 59.6 cm³/mol. The van der Waals surface area contributed by atoms with Crippen LogP contribution < -0.4 is 5.73 Å². The van der Waals surface area contributed by atoms with Crippen molar-refractivity contribution >= 4 is 17.4 Å². The number of nitrogens with two attached hydrogens (primary N) is 1. The summed E-state index contributed by atoms with van der Waals surface area (Å²) in [5, 5.41) is -0.458. The minimum Gasteiger partial charge on any atom is -0.382 e. The lowest BCUT2D eigenvalue weighted by Crippen LogP contribution is -2.04. The van der Waals surface area contributed by atoms with Gasteiger partial charge in [-0.1, -0.05) is 11.6 Å². The largest absolute Gasteiger partial charge is 0.382 e. The van der Waals surface area contributed by atoms with Crippen LogP contribution in [0.1, 0.15) is 12.1 Å². The summed E-state index contributed by atoms with van der Waals surface area (Å²) in [4.78, 5) is 10.9. The second kappa shape index (κ2) is 4.77. The van der Waals surface area contributed by atoms with E-state index in [1.165, 1.54) is 6.07 Å². The zero-order chi connectivity index (χ0) is 13.3. The van der Waals surface area contributed by atoms with Gasteiger partial charge in [-0.3, -0.25) is 4.98 Å². The van der Waals surface area contributed by atoms with Crippen LogP contribution in [0.25, 0.3) is 11.4 Å². The number of hydrogen-bond acceptors (Lipinski definition) is 4. The van der Waals surface area contributed by atoms with E-state index in [9.17, 15) is 13.2 Å². The van der Waals surface area contributed by atoms with Gasteiger partial charge in [-0.25, -0.2) is 23.1 Å². The van der Waals surface area contributed by atoms with Crippen LogP contribution >= 0.6 is 11.6 Å². The molecule has 2 N–H and O–H groups in total. The van der Waals surface area contributed by atoms with E-state index in [4.69, 9.17) is 17.3 Å². The van der Waals surface area contributed by atoms with Gasteiger partial charge in [0.1, 0.15) is 17.2 Å². The fourth-order valence-electron chi connectivity index (χ4n) is 1.28. The molecule has 8 heteroatoms. The Kier molecular flexibility index (Phi) is 3.33. The second-order valence-corrected chi connectivity index (χ2v) is 3.65. The van der Waals surface area contributed by atoms with Gasteiger partial charge in [0.15, 0.2) is 11.0 Å². The molecule has 0 amide bonds. The molecule has 2 aromatic heterocycles. The third kappa shape index (κ3) is 2.35. The van der Waals surface area contributed by atoms with Gasteiger partial charge in [-0.2, -0.15) is 0 Å². The summed E-state index contributed by atoms with van der Waals surface area (Å²) in [6.45, 7) is 0. The van der Waals surface area contributed by atoms with Crippen LogP contribution in [-0.4, -0.2) is 15.0 Å². The van der Waals surface area contributed by atoms with E-state index in [-0.39, 0.29) is 17.2 Å². The van der Waals surface area contributed by atoms with E-state index in [0.717, 1.165) is 12.3 Å². The standard InChI is InChI=1S/C10H6ClF3N4/c11-8-7(9(13)14)18-10(15)6(17-8)5-2-1-4(12)3-16-5/h1-3,9H,(H2,15,18). The summed E-state index contributed by atoms with van der Waals surface area (Å²) in [5.41, 5.74) is 5.03. The lowest BCUT2D eigenvalue weighted by molar-refractivity contribution is 0.146. The Morgan fingerprint density at radius 3 is 2.50 bits per heavy atom. The highest BCUT2D eigenvalue weighted by Gasteiger charge is 2.19. The van der Waals surface area contributed by atoms with Gasteiger partial charge in [0, 0.05) is 0 Å². The van der Waals surface area contributed by atoms with Crippen molar-refractivity contribution in [2.24, 2.45) is 0 Å². The first kappa shape index (κ1) is 12.6. The summed E-state index contributed by atoms with van der Waals surface area (Å²) in [7, 11) is 0. The van der Waals surface area contributed by atoms with Gasteiger partial charge in [0.25, 0.3) is 6.43 Å². The highest BCUT2D eigenvalue weighted by atomic mass is 35.5. The Hall–Kier alpha value is -1.89. The molecule has 0 aliphatic heterocycles. The maximum Gasteiger partial charge on any atom is 0.283 e. The SMILES string of the molecule is Nc1nc(C(F)F)c(Cl)nc1-c1ccc(F)cn1. The van der Waals surface area contributed by atoms with Crippen LogP contribution in [0.15, 0.2) is 18.3 Å². The molecule has 0 fully saturated rings. The van der Waals surface area contributed by atoms with Crippen molar-refractivity contribution in [2.75, 3.05) is 5.73 Å². The van der Waals surface area contributed by atoms with Crippen molar-refractivity contribution in [3.8, 4) is 11.4 Å². The molecule has 4 nitrogen and oxygen atoms in total. The first-order chi connectivity index (χ1) is 8.49. The molecule has 0 aliphatic rings. The smallest absolute Gasteiger partial charge is 0.283 e. The minimum absolute atomic E-state index is 0.0319. The molecule has 0 spiro atoms. The Morgan fingerprint density at radius 2 is 1.94 bits per heavy atom. The zero-order valence-corrected chi connectivity index (χ0v) is 9.50. The van der Waals surface area contributed by atoms with E-state index in [2.05, 4.69) is 15.0 Å². The number of alkyl halides is 2. The van der Waals surface area contributed by atoms with Gasteiger partial charge in [-0.15, -0.1) is 0 Å². The molecule has 0 aromatic carbocycles. The lowest BCUT2D eigenvalue weighted by atomic mass is 10.2. The first-order valence-corrected chi connectivity index (χ1v) is 5.10. The maximum absolute atomic E-state index is 12.7. The van der Waals surface area contributed by atoms with Crippen molar-refractivity contribution in [3.63, 3.8) is 0 Å². The van der Waals surface area contributed by atoms with Gasteiger partial charge in [0.05, 0.1) is 11.9 Å². The van der Waals surface area contributed by atoms with E-state index in [0.29, 0.717) is 0 Å². The molecular formula is C10H6ClF3N4. The van der Waals surface area contributed by atoms with Crippen LogP contribution in [0.2, 0.25) is 5.15 Å². The monoisotopic (exact) mass is 274 g/mol. The highest BCUT2D eigenvalue weighted by molar-refractivity contribution is 6.30. The van der Waals surface area contributed by atoms with Crippen LogP contribution in [0, 0.1) is 5.82 Å². The van der Waals surface area contributed by atoms with E-state index < -0.39 is 23.1 Å². The fourth-order valence-corrected chi connectivity index (χ4v) is 1.49. The molecule has 0 radical (unpaired) electrons. The molecular weight excluding hydrogens is 269 g/mol. The van der Waals surface area contributed by atoms with Gasteiger partial charge in [0.2, 0.25) is 0 Å². The maximum atomic E-state index is 12.7. The van der Waals surface area contributed by atoms with Gasteiger partial charge >= 0.3 is 0 Å². The van der Waals surface area contributed by atoms with E-state index in [1.54, 1.807) is 0 Å². The Labute approximate surface area is 105 Å². The van der Waals surface area contributed by atoms with Crippen LogP contribution in [0.3, 0.4) is 0 Å². The number of rotatable bonds is 2. The summed E-state index contributed by atoms with van der Waals surface area (Å²) < 4.78 is 37.7. The number of anilines is 1. The summed E-state index contributed by atoms with van der Waals surface area (Å²) in [6, 6.07) is 2.44. The van der Waals surface area contributed by atoms with Gasteiger partial charge in [-0.05, 0) is 12.1 Å². The van der Waals surface area contributed by atoms with Crippen molar-refractivity contribution in [1.82, 2.24) is 15.0 Å². The Balaban J connectivity index is 2.52. The molecule has 2 heterocycles. The van der Waals surface area contributed by atoms with Crippen LogP contribution in [-0.2, 0) is 0 Å². The molecule has 2 aromatic rings. The van der Waals surface area contributed by atoms with Crippen LogP contribution in [0.5, 0.6) is 0 Å². The molecule has 0 aliphatic carbocycles. The zero-order valence-electron chi connectivity index (χ0n) is 8.74. The molecule has 0 unspecified atom stereocenters. The van der Waals surface area contributed by atoms with Gasteiger partial charge < -0.3 is 5.73 Å². The van der Waals surface area contributed by atoms with Crippen LogP contribution in [0.4, 0.5) is 19.0 Å². The minimum atomic E-state index is -2.87. The van der Waals surface area contributed by atoms with E-state index in [1.807, 2.05) is 0 Å². The molecule has 0 bridgehead atoms. The number of aromatic nitrogens is 3. The third-order valence-corrected chi connectivity index (χ3v) is 2.36. The first-order valence-electron chi connectivity index (χ1n) is 4.72. The Morgan fingerprint density at radius 1 is 1.22 bits per heavy atom. The molecule has 18 heavy (non-hydrogen) atoms. The number of hydrogen-bond donors (Lipinski definition) is 1. The summed E-state index contributed by atoms with van der Waals surface area (Å²) in [6.07, 6.45) is -1.92. The lowest BCUT2D eigenvalue weighted by Gasteiger charge is -2.07. The predicted octanol–water partition coefficient (Wildman–Crippen LogP) is 2.85. The van der Waals surface area contributed by atoms with Crippen molar-refractivity contribution in [2.45, 2.75) is 6.43 Å². The number of halogens is 4. The van der Waals surface area contributed by atoms with E-state index >= 15 is 0 Å². The topological polar surface area (TPSA) is 64.7 Å². The quantitative estimate of drug-likeness (QED) is 0.914. The second-order valence-electron chi connectivity index (χ2n) is 3.30. The normalized spacial score (nSPS) is 10.9. The molecule has 0 saturated carbocycles. The highest BCUT2D eigenvalue weighted by Crippen LogP contribution is 2.29. The molecule has 2 rings (SSSR count). The van der Waals surface area contributed by atoms with Crippen molar-refractivity contribution in [1.29, 1.82) is 0 Å². The van der Waals surface area contributed by atoms with Crippen molar-refractivity contribution in [3.05, 3.63) is 35.0 Å². The molecule has 0 saturated heterocycles. The summed E-state index contributed by atoms with van der Waals surface area (Å²) in [5.74, 6) is -0.783. The average Bonchev–Trinajstić information content (AvgIpc) is 2.32. The Bertz CT molecular complexity index is 574. The summed E-state index contributed by atoms with van der Waals surface area (Å²) >= 11 is 5.57. The fraction of sp³-hybridized carbons (Fsp3) is 0.100. The number of pyridine rings is 1. The molecule has 94 valence electrons. The number of nitrogens with zero attached hydrogens (tertiary/aromatic N) is 3. The average molecular weight is 275 g/mol. The number of nitrogen functional groups attached to an aromatic ring is 1. The third-order valence-electron chi connectivity index (χ3n) is 2.08. The molecule has 0 atom stereocenters. The van der Waals surface area contributed by atoms with Crippen molar-refractivity contribution < 1.29 is 13.2 Å².